The Morgan fingerprint density at radius 2 is 2.20 bits per heavy atom. The van der Waals surface area contributed by atoms with Crippen LogP contribution in [-0.4, -0.2) is 17.4 Å². The van der Waals surface area contributed by atoms with Gasteiger partial charge in [-0.05, 0) is 37.4 Å². The number of hydrogen-bond acceptors (Lipinski definition) is 4. The molecule has 1 aromatic carbocycles. The zero-order valence-electron chi connectivity index (χ0n) is 11.5. The largest absolute Gasteiger partial charge is 0.330 e. The van der Waals surface area contributed by atoms with Gasteiger partial charge in [0.15, 0.2) is 0 Å². The van der Waals surface area contributed by atoms with E-state index in [2.05, 4.69) is 5.32 Å². The topological polar surface area (TPSA) is 98.3 Å². The van der Waals surface area contributed by atoms with Gasteiger partial charge >= 0.3 is 0 Å². The average molecular weight is 300 g/mol. The molecule has 3 N–H and O–H groups in total. The summed E-state index contributed by atoms with van der Waals surface area (Å²) in [4.78, 5) is 22.0. The molecule has 0 saturated heterocycles. The third-order valence-corrected chi connectivity index (χ3v) is 3.33. The van der Waals surface area contributed by atoms with Crippen LogP contribution in [0.4, 0.5) is 11.4 Å². The molecule has 1 aromatic rings. The summed E-state index contributed by atoms with van der Waals surface area (Å²) in [7, 11) is 0. The van der Waals surface area contributed by atoms with Crippen LogP contribution in [0.15, 0.2) is 12.1 Å². The standard InChI is InChI=1S/C13H18ClN3O3/c1-8(7-15)3-4-13(18)16-11-6-10(14)12(17(19)20)5-9(11)2/h5-6,8H,3-4,7,15H2,1-2H3,(H,16,18). The molecule has 1 atom stereocenters. The fraction of sp³-hybridized carbons (Fsp3) is 0.462. The number of benzene rings is 1. The Kier molecular flexibility index (Phi) is 5.91. The predicted molar refractivity (Wildman–Crippen MR) is 78.9 cm³/mol. The lowest BCUT2D eigenvalue weighted by atomic mass is 10.1. The fourth-order valence-electron chi connectivity index (χ4n) is 1.65. The number of carbonyl (C=O) groups excluding carboxylic acids is 1. The van der Waals surface area contributed by atoms with E-state index in [9.17, 15) is 14.9 Å². The molecule has 1 rings (SSSR count). The Hall–Kier alpha value is -1.66. The second kappa shape index (κ2) is 7.21. The number of anilines is 1. The summed E-state index contributed by atoms with van der Waals surface area (Å²) in [5, 5.41) is 13.5. The summed E-state index contributed by atoms with van der Waals surface area (Å²) in [6.45, 7) is 4.19. The number of hydrogen-bond donors (Lipinski definition) is 2. The molecule has 0 saturated carbocycles. The Bertz CT molecular complexity index is 520. The zero-order valence-corrected chi connectivity index (χ0v) is 12.2. The van der Waals surface area contributed by atoms with Crippen molar-refractivity contribution in [2.24, 2.45) is 11.7 Å². The van der Waals surface area contributed by atoms with Gasteiger partial charge < -0.3 is 11.1 Å². The van der Waals surface area contributed by atoms with Crippen LogP contribution in [0.1, 0.15) is 25.3 Å². The number of amides is 1. The maximum atomic E-state index is 11.8. The first-order valence-corrected chi connectivity index (χ1v) is 6.67. The van der Waals surface area contributed by atoms with Gasteiger partial charge in [-0.25, -0.2) is 0 Å². The quantitative estimate of drug-likeness (QED) is 0.623. The molecule has 110 valence electrons. The minimum Gasteiger partial charge on any atom is -0.330 e. The number of nitrogens with one attached hydrogen (secondary N) is 1. The summed E-state index contributed by atoms with van der Waals surface area (Å²) in [5.74, 6) is 0.126. The third-order valence-electron chi connectivity index (χ3n) is 3.03. The molecule has 0 radical (unpaired) electrons. The number of nitro groups is 1. The van der Waals surface area contributed by atoms with Gasteiger partial charge in [-0.15, -0.1) is 0 Å². The SMILES string of the molecule is Cc1cc([N+](=O)[O-])c(Cl)cc1NC(=O)CCC(C)CN. The highest BCUT2D eigenvalue weighted by Crippen LogP contribution is 2.30. The van der Waals surface area contributed by atoms with E-state index >= 15 is 0 Å². The summed E-state index contributed by atoms with van der Waals surface area (Å²) in [6, 6.07) is 2.75. The summed E-state index contributed by atoms with van der Waals surface area (Å²) in [6.07, 6.45) is 1.05. The Morgan fingerprint density at radius 3 is 2.75 bits per heavy atom. The monoisotopic (exact) mass is 299 g/mol. The molecule has 0 aromatic heterocycles. The molecule has 0 fully saturated rings. The fourth-order valence-corrected chi connectivity index (χ4v) is 1.88. The number of carbonyl (C=O) groups is 1. The molecule has 0 aliphatic carbocycles. The summed E-state index contributed by atoms with van der Waals surface area (Å²) < 4.78 is 0. The van der Waals surface area contributed by atoms with Gasteiger partial charge in [0.2, 0.25) is 5.91 Å². The molecule has 0 spiro atoms. The molecule has 6 nitrogen and oxygen atoms in total. The van der Waals surface area contributed by atoms with E-state index in [0.717, 1.165) is 0 Å². The molecule has 0 aliphatic rings. The lowest BCUT2D eigenvalue weighted by Gasteiger charge is -2.11. The maximum absolute atomic E-state index is 11.8. The van der Waals surface area contributed by atoms with Crippen LogP contribution in [0.25, 0.3) is 0 Å². The minimum atomic E-state index is -0.552. The molecule has 7 heteroatoms. The average Bonchev–Trinajstić information content (AvgIpc) is 2.39. The van der Waals surface area contributed by atoms with Crippen LogP contribution in [0.5, 0.6) is 0 Å². The highest BCUT2D eigenvalue weighted by Gasteiger charge is 2.16. The molecule has 0 heterocycles. The normalized spacial score (nSPS) is 12.0. The van der Waals surface area contributed by atoms with Gasteiger partial charge in [0.1, 0.15) is 5.02 Å². The van der Waals surface area contributed by atoms with E-state index in [0.29, 0.717) is 30.6 Å². The van der Waals surface area contributed by atoms with Gasteiger partial charge in [-0.3, -0.25) is 14.9 Å². The van der Waals surface area contributed by atoms with Gasteiger partial charge in [-0.1, -0.05) is 18.5 Å². The highest BCUT2D eigenvalue weighted by molar-refractivity contribution is 6.33. The first-order chi connectivity index (χ1) is 9.35. The number of nitrogens with zero attached hydrogens (tertiary/aromatic N) is 1. The van der Waals surface area contributed by atoms with Crippen molar-refractivity contribution < 1.29 is 9.72 Å². The molecular weight excluding hydrogens is 282 g/mol. The van der Waals surface area contributed by atoms with Crippen molar-refractivity contribution in [1.82, 2.24) is 0 Å². The smallest absolute Gasteiger partial charge is 0.288 e. The third kappa shape index (κ3) is 4.47. The van der Waals surface area contributed by atoms with Crippen LogP contribution >= 0.6 is 11.6 Å². The van der Waals surface area contributed by atoms with Crippen LogP contribution in [0.3, 0.4) is 0 Å². The van der Waals surface area contributed by atoms with Crippen LogP contribution < -0.4 is 11.1 Å². The van der Waals surface area contributed by atoms with E-state index in [1.807, 2.05) is 6.92 Å². The summed E-state index contributed by atoms with van der Waals surface area (Å²) in [5.41, 5.74) is 6.41. The van der Waals surface area contributed by atoms with Crippen molar-refractivity contribution in [2.45, 2.75) is 26.7 Å². The number of halogens is 1. The predicted octanol–water partition coefficient (Wildman–Crippen LogP) is 2.87. The molecule has 20 heavy (non-hydrogen) atoms. The van der Waals surface area contributed by atoms with E-state index < -0.39 is 4.92 Å². The van der Waals surface area contributed by atoms with Crippen molar-refractivity contribution in [3.8, 4) is 0 Å². The van der Waals surface area contributed by atoms with Crippen molar-refractivity contribution in [2.75, 3.05) is 11.9 Å². The van der Waals surface area contributed by atoms with E-state index in [1.54, 1.807) is 6.92 Å². The lowest BCUT2D eigenvalue weighted by Crippen LogP contribution is -2.16. The zero-order chi connectivity index (χ0) is 15.3. The number of aryl methyl sites for hydroxylation is 1. The van der Waals surface area contributed by atoms with E-state index in [-0.39, 0.29) is 22.5 Å². The number of nitrogens with two attached hydrogens (primary N) is 1. The first kappa shape index (κ1) is 16.4. The van der Waals surface area contributed by atoms with Crippen molar-refractivity contribution in [3.63, 3.8) is 0 Å². The number of nitro benzene ring substituents is 1. The maximum Gasteiger partial charge on any atom is 0.288 e. The van der Waals surface area contributed by atoms with Crippen molar-refractivity contribution in [1.29, 1.82) is 0 Å². The van der Waals surface area contributed by atoms with E-state index in [1.165, 1.54) is 12.1 Å². The van der Waals surface area contributed by atoms with Gasteiger partial charge in [0.25, 0.3) is 5.69 Å². The Balaban J connectivity index is 2.76. The summed E-state index contributed by atoms with van der Waals surface area (Å²) >= 11 is 5.82. The molecule has 0 aliphatic heterocycles. The molecule has 1 unspecified atom stereocenters. The van der Waals surface area contributed by atoms with Crippen LogP contribution in [-0.2, 0) is 4.79 Å². The molecule has 0 bridgehead atoms. The van der Waals surface area contributed by atoms with Crippen molar-refractivity contribution >= 4 is 28.9 Å². The molecular formula is C13H18ClN3O3. The highest BCUT2D eigenvalue weighted by atomic mass is 35.5. The first-order valence-electron chi connectivity index (χ1n) is 6.29. The van der Waals surface area contributed by atoms with Gasteiger partial charge in [0, 0.05) is 18.2 Å². The minimum absolute atomic E-state index is 0.00577. The number of rotatable bonds is 6. The Morgan fingerprint density at radius 1 is 1.55 bits per heavy atom. The van der Waals surface area contributed by atoms with Gasteiger partial charge in [0.05, 0.1) is 4.92 Å². The van der Waals surface area contributed by atoms with Gasteiger partial charge in [-0.2, -0.15) is 0 Å². The lowest BCUT2D eigenvalue weighted by molar-refractivity contribution is -0.384. The van der Waals surface area contributed by atoms with E-state index in [4.69, 9.17) is 17.3 Å². The second-order valence-corrected chi connectivity index (χ2v) is 5.21. The molecule has 1 amide bonds. The van der Waals surface area contributed by atoms with Crippen LogP contribution in [0.2, 0.25) is 5.02 Å². The Labute approximate surface area is 122 Å². The van der Waals surface area contributed by atoms with Crippen molar-refractivity contribution in [3.05, 3.63) is 32.8 Å². The van der Waals surface area contributed by atoms with Crippen LogP contribution in [0, 0.1) is 23.0 Å². The second-order valence-electron chi connectivity index (χ2n) is 4.80.